The summed E-state index contributed by atoms with van der Waals surface area (Å²) in [6.45, 7) is 4.46. The van der Waals surface area contributed by atoms with Crippen LogP contribution in [0.4, 0.5) is 0 Å². The van der Waals surface area contributed by atoms with Crippen molar-refractivity contribution in [2.24, 2.45) is 0 Å². The Morgan fingerprint density at radius 2 is 0.864 bits per heavy atom. The number of hydrogen-bond donors (Lipinski definition) is 2. The SMILES string of the molecule is CCCCCCCCOC(=O)c1ccccc1C(=O)OCCCCCCCC.O=C(O)COc1ccc(C#Cc2ccncn2)cc1.O=C(O)COc1ccc(C#Cc2ccncn2)cc1. The lowest BCUT2D eigenvalue weighted by Crippen LogP contribution is -2.15. The van der Waals surface area contributed by atoms with Gasteiger partial charge in [-0.15, -0.1) is 0 Å². The van der Waals surface area contributed by atoms with Gasteiger partial charge in [-0.2, -0.15) is 0 Å². The Hall–Kier alpha value is -7.58. The van der Waals surface area contributed by atoms with E-state index < -0.39 is 23.9 Å². The van der Waals surface area contributed by atoms with Crippen molar-refractivity contribution in [2.45, 2.75) is 90.9 Å². The summed E-state index contributed by atoms with van der Waals surface area (Å²) in [6.07, 6.45) is 19.8. The quantitative estimate of drug-likeness (QED) is 0.0378. The lowest BCUT2D eigenvalue weighted by Gasteiger charge is -2.10. The van der Waals surface area contributed by atoms with Crippen molar-refractivity contribution in [3.8, 4) is 35.2 Å². The van der Waals surface area contributed by atoms with E-state index in [2.05, 4.69) is 57.5 Å². The summed E-state index contributed by atoms with van der Waals surface area (Å²) in [4.78, 5) is 61.0. The number of esters is 2. The predicted octanol–water partition coefficient (Wildman–Crippen LogP) is 9.40. The zero-order valence-corrected chi connectivity index (χ0v) is 37.7. The zero-order valence-electron chi connectivity index (χ0n) is 37.7. The summed E-state index contributed by atoms with van der Waals surface area (Å²) >= 11 is 0. The summed E-state index contributed by atoms with van der Waals surface area (Å²) in [5.41, 5.74) is 3.45. The minimum atomic E-state index is -1.01. The number of carbonyl (C=O) groups is 4. The molecule has 0 amide bonds. The standard InChI is InChI=1S/C24H38O4.2C14H10N2O3/c1-3-5-7-9-11-15-19-27-23(25)21-17-13-14-18-22(21)24(26)28-20-16-12-10-8-6-4-2;2*17-14(18)9-19-13-5-2-11(3-6-13)1-4-12-7-8-15-10-16-12/h13-14,17-18H,3-12,15-16,19-20H2,1-2H3;2*2-3,5-8,10H,9H2,(H,17,18). The molecule has 0 aliphatic carbocycles. The van der Waals surface area contributed by atoms with Crippen LogP contribution in [0.1, 0.15) is 134 Å². The molecule has 0 fully saturated rings. The molecule has 66 heavy (non-hydrogen) atoms. The van der Waals surface area contributed by atoms with Crippen LogP contribution in [-0.2, 0) is 19.1 Å². The van der Waals surface area contributed by atoms with E-state index in [4.69, 9.17) is 29.2 Å². The van der Waals surface area contributed by atoms with Gasteiger partial charge in [-0.25, -0.2) is 39.1 Å². The van der Waals surface area contributed by atoms with Gasteiger partial charge < -0.3 is 29.2 Å². The van der Waals surface area contributed by atoms with E-state index in [9.17, 15) is 19.2 Å². The second kappa shape index (κ2) is 33.0. The molecule has 0 aliphatic rings. The van der Waals surface area contributed by atoms with Gasteiger partial charge >= 0.3 is 23.9 Å². The van der Waals surface area contributed by atoms with Crippen molar-refractivity contribution < 1.29 is 48.3 Å². The number of unbranched alkanes of at least 4 members (excludes halogenated alkanes) is 10. The highest BCUT2D eigenvalue weighted by atomic mass is 16.5. The summed E-state index contributed by atoms with van der Waals surface area (Å²) in [5, 5.41) is 17.0. The first-order valence-corrected chi connectivity index (χ1v) is 22.1. The minimum Gasteiger partial charge on any atom is -0.482 e. The highest BCUT2D eigenvalue weighted by Gasteiger charge is 2.19. The monoisotopic (exact) mass is 898 g/mol. The molecule has 0 bridgehead atoms. The molecule has 2 aromatic heterocycles. The number of carboxylic acid groups (broad SMARTS) is 2. The van der Waals surface area contributed by atoms with Gasteiger partial charge in [-0.1, -0.05) is 102 Å². The van der Waals surface area contributed by atoms with Gasteiger partial charge in [0.15, 0.2) is 13.2 Å². The number of nitrogens with zero attached hydrogens (tertiary/aromatic N) is 4. The van der Waals surface area contributed by atoms with Crippen molar-refractivity contribution in [2.75, 3.05) is 26.4 Å². The van der Waals surface area contributed by atoms with Crippen molar-refractivity contribution in [1.29, 1.82) is 0 Å². The van der Waals surface area contributed by atoms with E-state index in [1.54, 1.807) is 97.3 Å². The first kappa shape index (κ1) is 52.8. The Kier molecular flexibility index (Phi) is 26.4. The van der Waals surface area contributed by atoms with Crippen LogP contribution in [0.3, 0.4) is 0 Å². The molecule has 14 heteroatoms. The first-order valence-electron chi connectivity index (χ1n) is 22.1. The molecular formula is C52H58N4O10. The second-order valence-corrected chi connectivity index (χ2v) is 14.5. The molecule has 0 saturated carbocycles. The average Bonchev–Trinajstić information content (AvgIpc) is 3.34. The van der Waals surface area contributed by atoms with Crippen molar-refractivity contribution in [1.82, 2.24) is 19.9 Å². The summed E-state index contributed by atoms with van der Waals surface area (Å²) in [5.74, 6) is 9.76. The van der Waals surface area contributed by atoms with Crippen LogP contribution in [0.5, 0.6) is 11.5 Å². The van der Waals surface area contributed by atoms with E-state index in [0.29, 0.717) is 47.2 Å². The Labute approximate surface area is 387 Å². The maximum absolute atomic E-state index is 12.4. The summed E-state index contributed by atoms with van der Waals surface area (Å²) in [7, 11) is 0. The molecule has 346 valence electrons. The van der Waals surface area contributed by atoms with E-state index in [0.717, 1.165) is 36.8 Å². The topological polar surface area (TPSA) is 197 Å². The number of aliphatic carboxylic acids is 2. The van der Waals surface area contributed by atoms with Crippen LogP contribution < -0.4 is 9.47 Å². The van der Waals surface area contributed by atoms with E-state index in [-0.39, 0.29) is 13.2 Å². The molecule has 0 radical (unpaired) electrons. The number of aromatic nitrogens is 4. The predicted molar refractivity (Wildman–Crippen MR) is 249 cm³/mol. The first-order chi connectivity index (χ1) is 32.2. The highest BCUT2D eigenvalue weighted by Crippen LogP contribution is 2.15. The Morgan fingerprint density at radius 1 is 0.485 bits per heavy atom. The normalized spacial score (nSPS) is 9.85. The average molecular weight is 899 g/mol. The molecule has 2 N–H and O–H groups in total. The molecular weight excluding hydrogens is 841 g/mol. The number of hydrogen-bond acceptors (Lipinski definition) is 12. The third kappa shape index (κ3) is 23.7. The van der Waals surface area contributed by atoms with Crippen molar-refractivity contribution in [3.63, 3.8) is 0 Å². The van der Waals surface area contributed by atoms with Crippen molar-refractivity contribution in [3.05, 3.63) is 144 Å². The maximum atomic E-state index is 12.4. The summed E-state index contributed by atoms with van der Waals surface area (Å²) < 4.78 is 20.8. The molecule has 0 saturated heterocycles. The van der Waals surface area contributed by atoms with Crippen LogP contribution in [0.25, 0.3) is 0 Å². The van der Waals surface area contributed by atoms with Gasteiger partial charge in [0.1, 0.15) is 35.5 Å². The minimum absolute atomic E-state index is 0.293. The van der Waals surface area contributed by atoms with E-state index in [1.165, 1.54) is 64.0 Å². The number of carbonyl (C=O) groups excluding carboxylic acids is 2. The molecule has 2 heterocycles. The molecule has 5 aromatic rings. The Bertz CT molecular complexity index is 2140. The lowest BCUT2D eigenvalue weighted by atomic mass is 10.1. The molecule has 0 spiro atoms. The number of benzene rings is 3. The zero-order chi connectivity index (χ0) is 47.5. The smallest absolute Gasteiger partial charge is 0.341 e. The fourth-order valence-electron chi connectivity index (χ4n) is 5.65. The molecule has 14 nitrogen and oxygen atoms in total. The van der Waals surface area contributed by atoms with E-state index in [1.807, 2.05) is 0 Å². The maximum Gasteiger partial charge on any atom is 0.341 e. The number of carboxylic acids is 2. The Balaban J connectivity index is 0.000000270. The van der Waals surface area contributed by atoms with Crippen LogP contribution in [0, 0.1) is 23.7 Å². The molecule has 3 aromatic carbocycles. The van der Waals surface area contributed by atoms with Crippen molar-refractivity contribution >= 4 is 23.9 Å². The highest BCUT2D eigenvalue weighted by molar-refractivity contribution is 6.03. The van der Waals surface area contributed by atoms with Crippen LogP contribution in [0.15, 0.2) is 110 Å². The van der Waals surface area contributed by atoms with Gasteiger partial charge in [-0.05, 0) is 97.5 Å². The summed E-state index contributed by atoms with van der Waals surface area (Å²) in [6, 6.07) is 23.9. The molecule has 0 aliphatic heterocycles. The number of rotatable bonds is 22. The van der Waals surface area contributed by atoms with Gasteiger partial charge in [0, 0.05) is 23.5 Å². The van der Waals surface area contributed by atoms with Gasteiger partial charge in [0.25, 0.3) is 0 Å². The fraction of sp³-hybridized carbons (Fsp3) is 0.346. The lowest BCUT2D eigenvalue weighted by molar-refractivity contribution is -0.140. The van der Waals surface area contributed by atoms with Gasteiger partial charge in [-0.3, -0.25) is 0 Å². The molecule has 0 atom stereocenters. The molecule has 5 rings (SSSR count). The van der Waals surface area contributed by atoms with Gasteiger partial charge in [0.2, 0.25) is 0 Å². The van der Waals surface area contributed by atoms with E-state index >= 15 is 0 Å². The second-order valence-electron chi connectivity index (χ2n) is 14.5. The third-order valence-corrected chi connectivity index (χ3v) is 9.10. The largest absolute Gasteiger partial charge is 0.482 e. The van der Waals surface area contributed by atoms with Crippen LogP contribution >= 0.6 is 0 Å². The third-order valence-electron chi connectivity index (χ3n) is 9.10. The fourth-order valence-corrected chi connectivity index (χ4v) is 5.65. The van der Waals surface area contributed by atoms with Gasteiger partial charge in [0.05, 0.1) is 24.3 Å². The molecule has 0 unspecified atom stereocenters. The Morgan fingerprint density at radius 3 is 1.21 bits per heavy atom. The van der Waals surface area contributed by atoms with Crippen LogP contribution in [-0.4, -0.2) is 80.5 Å². The number of ether oxygens (including phenoxy) is 4. The van der Waals surface area contributed by atoms with Crippen LogP contribution in [0.2, 0.25) is 0 Å².